The van der Waals surface area contributed by atoms with Gasteiger partial charge in [-0.2, -0.15) is 0 Å². The molecule has 88 valence electrons. The van der Waals surface area contributed by atoms with Crippen molar-refractivity contribution >= 4 is 0 Å². The van der Waals surface area contributed by atoms with Crippen LogP contribution in [0.5, 0.6) is 0 Å². The molecule has 0 unspecified atom stereocenters. The zero-order valence-corrected chi connectivity index (χ0v) is 10.6. The maximum Gasteiger partial charge on any atom is 0.0704 e. The van der Waals surface area contributed by atoms with E-state index in [9.17, 15) is 0 Å². The molecule has 1 aromatic heterocycles. The molecule has 0 saturated carbocycles. The van der Waals surface area contributed by atoms with Crippen molar-refractivity contribution < 1.29 is 0 Å². The highest BCUT2D eigenvalue weighted by atomic mass is 14.7. The van der Waals surface area contributed by atoms with Crippen molar-refractivity contribution in [3.63, 3.8) is 0 Å². The average molecular weight is 225 g/mol. The number of pyridine rings is 1. The highest BCUT2D eigenvalue weighted by Gasteiger charge is 2.05. The van der Waals surface area contributed by atoms with Crippen LogP contribution in [0.2, 0.25) is 0 Å². The Bertz CT molecular complexity index is 474. The average Bonchev–Trinajstić information content (AvgIpc) is 2.38. The van der Waals surface area contributed by atoms with E-state index >= 15 is 0 Å². The van der Waals surface area contributed by atoms with Crippen molar-refractivity contribution in [1.82, 2.24) is 4.98 Å². The molecule has 0 saturated heterocycles. The van der Waals surface area contributed by atoms with E-state index in [4.69, 9.17) is 0 Å². The first-order valence-corrected chi connectivity index (χ1v) is 6.32. The summed E-state index contributed by atoms with van der Waals surface area (Å²) < 4.78 is 0. The number of benzene rings is 1. The largest absolute Gasteiger partial charge is 0.256 e. The van der Waals surface area contributed by atoms with Gasteiger partial charge in [-0.1, -0.05) is 37.1 Å². The van der Waals surface area contributed by atoms with Crippen molar-refractivity contribution in [3.05, 3.63) is 53.7 Å². The Morgan fingerprint density at radius 1 is 1.12 bits per heavy atom. The Labute approximate surface area is 104 Å². The lowest BCUT2D eigenvalue weighted by Gasteiger charge is -2.09. The Kier molecular flexibility index (Phi) is 3.92. The second-order valence-corrected chi connectivity index (χ2v) is 4.48. The third kappa shape index (κ3) is 2.94. The zero-order valence-electron chi connectivity index (χ0n) is 10.6. The summed E-state index contributed by atoms with van der Waals surface area (Å²) in [4.78, 5) is 4.46. The lowest BCUT2D eigenvalue weighted by Crippen LogP contribution is -1.93. The molecular weight excluding hydrogens is 206 g/mol. The number of hydrogen-bond acceptors (Lipinski definition) is 1. The molecule has 0 aliphatic rings. The topological polar surface area (TPSA) is 12.9 Å². The number of rotatable bonds is 4. The fourth-order valence-electron chi connectivity index (χ4n) is 2.04. The SMILES string of the molecule is CCCCc1ccc(C)cc1-c1ccccn1. The zero-order chi connectivity index (χ0) is 12.1. The predicted octanol–water partition coefficient (Wildman–Crippen LogP) is 4.40. The van der Waals surface area contributed by atoms with Crippen LogP contribution in [0.25, 0.3) is 11.3 Å². The fourth-order valence-corrected chi connectivity index (χ4v) is 2.04. The van der Waals surface area contributed by atoms with E-state index in [1.54, 1.807) is 0 Å². The van der Waals surface area contributed by atoms with Crippen LogP contribution in [0.3, 0.4) is 0 Å². The Hall–Kier alpha value is -1.63. The van der Waals surface area contributed by atoms with E-state index in [2.05, 4.69) is 43.1 Å². The van der Waals surface area contributed by atoms with Gasteiger partial charge in [-0.25, -0.2) is 0 Å². The summed E-state index contributed by atoms with van der Waals surface area (Å²) in [5.74, 6) is 0. The molecule has 1 heterocycles. The van der Waals surface area contributed by atoms with Gasteiger partial charge < -0.3 is 0 Å². The quantitative estimate of drug-likeness (QED) is 0.751. The molecule has 1 nitrogen and oxygen atoms in total. The second kappa shape index (κ2) is 5.62. The maximum atomic E-state index is 4.46. The van der Waals surface area contributed by atoms with Gasteiger partial charge in [0.1, 0.15) is 0 Å². The van der Waals surface area contributed by atoms with E-state index in [1.807, 2.05) is 18.3 Å². The highest BCUT2D eigenvalue weighted by Crippen LogP contribution is 2.24. The van der Waals surface area contributed by atoms with E-state index in [-0.39, 0.29) is 0 Å². The molecule has 0 amide bonds. The van der Waals surface area contributed by atoms with Gasteiger partial charge in [-0.3, -0.25) is 4.98 Å². The molecule has 0 spiro atoms. The van der Waals surface area contributed by atoms with Crippen LogP contribution in [0.4, 0.5) is 0 Å². The van der Waals surface area contributed by atoms with Gasteiger partial charge in [0, 0.05) is 11.8 Å². The molecule has 0 atom stereocenters. The van der Waals surface area contributed by atoms with Crippen molar-refractivity contribution in [3.8, 4) is 11.3 Å². The van der Waals surface area contributed by atoms with Crippen molar-refractivity contribution in [2.75, 3.05) is 0 Å². The number of aromatic nitrogens is 1. The third-order valence-corrected chi connectivity index (χ3v) is 3.01. The van der Waals surface area contributed by atoms with Gasteiger partial charge in [-0.05, 0) is 43.5 Å². The van der Waals surface area contributed by atoms with E-state index in [1.165, 1.54) is 29.5 Å². The van der Waals surface area contributed by atoms with Crippen LogP contribution >= 0.6 is 0 Å². The Balaban J connectivity index is 2.40. The summed E-state index contributed by atoms with van der Waals surface area (Å²) in [6.07, 6.45) is 5.47. The molecule has 0 N–H and O–H groups in total. The van der Waals surface area contributed by atoms with Crippen LogP contribution in [-0.2, 0) is 6.42 Å². The molecule has 0 radical (unpaired) electrons. The van der Waals surface area contributed by atoms with Crippen LogP contribution in [0.1, 0.15) is 30.9 Å². The highest BCUT2D eigenvalue weighted by molar-refractivity contribution is 5.64. The number of unbranched alkanes of at least 4 members (excludes halogenated alkanes) is 1. The third-order valence-electron chi connectivity index (χ3n) is 3.01. The first kappa shape index (κ1) is 11.8. The van der Waals surface area contributed by atoms with E-state index in [0.29, 0.717) is 0 Å². The number of hydrogen-bond donors (Lipinski definition) is 0. The number of aryl methyl sites for hydroxylation is 2. The molecule has 1 heteroatoms. The molecule has 0 fully saturated rings. The standard InChI is InChI=1S/C16H19N/c1-3-4-7-14-10-9-13(2)12-15(14)16-8-5-6-11-17-16/h5-6,8-12H,3-4,7H2,1-2H3. The van der Waals surface area contributed by atoms with Gasteiger partial charge >= 0.3 is 0 Å². The van der Waals surface area contributed by atoms with Crippen molar-refractivity contribution in [1.29, 1.82) is 0 Å². The molecule has 0 aliphatic heterocycles. The lowest BCUT2D eigenvalue weighted by molar-refractivity contribution is 0.795. The van der Waals surface area contributed by atoms with Crippen molar-refractivity contribution in [2.24, 2.45) is 0 Å². The smallest absolute Gasteiger partial charge is 0.0704 e. The number of nitrogens with zero attached hydrogens (tertiary/aromatic N) is 1. The molecular formula is C16H19N. The van der Waals surface area contributed by atoms with E-state index in [0.717, 1.165) is 12.1 Å². The predicted molar refractivity (Wildman–Crippen MR) is 73.0 cm³/mol. The first-order valence-electron chi connectivity index (χ1n) is 6.32. The summed E-state index contributed by atoms with van der Waals surface area (Å²) in [6, 6.07) is 12.8. The minimum Gasteiger partial charge on any atom is -0.256 e. The molecule has 0 aliphatic carbocycles. The lowest BCUT2D eigenvalue weighted by atomic mass is 9.97. The molecule has 17 heavy (non-hydrogen) atoms. The fraction of sp³-hybridized carbons (Fsp3) is 0.312. The summed E-state index contributed by atoms with van der Waals surface area (Å²) >= 11 is 0. The normalized spacial score (nSPS) is 10.5. The van der Waals surface area contributed by atoms with E-state index < -0.39 is 0 Å². The first-order chi connectivity index (χ1) is 8.31. The van der Waals surface area contributed by atoms with Gasteiger partial charge in [0.2, 0.25) is 0 Å². The minimum absolute atomic E-state index is 1.09. The minimum atomic E-state index is 1.09. The van der Waals surface area contributed by atoms with Gasteiger partial charge in [0.15, 0.2) is 0 Å². The monoisotopic (exact) mass is 225 g/mol. The summed E-state index contributed by atoms with van der Waals surface area (Å²) in [5.41, 5.74) is 5.09. The Morgan fingerprint density at radius 2 is 2.00 bits per heavy atom. The summed E-state index contributed by atoms with van der Waals surface area (Å²) in [6.45, 7) is 4.37. The van der Waals surface area contributed by atoms with Crippen LogP contribution in [0, 0.1) is 6.92 Å². The van der Waals surface area contributed by atoms with Crippen LogP contribution in [0.15, 0.2) is 42.6 Å². The van der Waals surface area contributed by atoms with Gasteiger partial charge in [0.25, 0.3) is 0 Å². The van der Waals surface area contributed by atoms with Crippen molar-refractivity contribution in [2.45, 2.75) is 33.1 Å². The van der Waals surface area contributed by atoms with Gasteiger partial charge in [-0.15, -0.1) is 0 Å². The second-order valence-electron chi connectivity index (χ2n) is 4.48. The summed E-state index contributed by atoms with van der Waals surface area (Å²) in [5, 5.41) is 0. The van der Waals surface area contributed by atoms with Gasteiger partial charge in [0.05, 0.1) is 5.69 Å². The van der Waals surface area contributed by atoms with Crippen LogP contribution in [-0.4, -0.2) is 4.98 Å². The summed E-state index contributed by atoms with van der Waals surface area (Å²) in [7, 11) is 0. The molecule has 0 bridgehead atoms. The Morgan fingerprint density at radius 3 is 2.71 bits per heavy atom. The molecule has 2 aromatic rings. The van der Waals surface area contributed by atoms with Crippen LogP contribution < -0.4 is 0 Å². The molecule has 2 rings (SSSR count). The maximum absolute atomic E-state index is 4.46. The molecule has 1 aromatic carbocycles.